The van der Waals surface area contributed by atoms with Crippen molar-refractivity contribution in [1.82, 2.24) is 0 Å². The predicted octanol–water partition coefficient (Wildman–Crippen LogP) is 6.74. The second-order valence-corrected chi connectivity index (χ2v) is 9.12. The van der Waals surface area contributed by atoms with Gasteiger partial charge in [-0.2, -0.15) is 0 Å². The van der Waals surface area contributed by atoms with Crippen molar-refractivity contribution >= 4 is 0 Å². The van der Waals surface area contributed by atoms with Crippen LogP contribution >= 0.6 is 0 Å². The van der Waals surface area contributed by atoms with Crippen molar-refractivity contribution in [3.63, 3.8) is 0 Å². The second kappa shape index (κ2) is 5.47. The van der Waals surface area contributed by atoms with Crippen molar-refractivity contribution in [2.45, 2.75) is 68.6 Å². The fraction of sp³-hybridized carbons (Fsp3) is 0.520. The summed E-state index contributed by atoms with van der Waals surface area (Å²) in [5.74, 6) is 5.35. The summed E-state index contributed by atoms with van der Waals surface area (Å²) in [5, 5.41) is 0. The van der Waals surface area contributed by atoms with Gasteiger partial charge in [-0.3, -0.25) is 0 Å². The van der Waals surface area contributed by atoms with E-state index in [1.54, 1.807) is 22.3 Å². The van der Waals surface area contributed by atoms with Gasteiger partial charge in [0.05, 0.1) is 0 Å². The average molecular weight is 328 g/mol. The maximum absolute atomic E-state index is 2.49. The van der Waals surface area contributed by atoms with Crippen molar-refractivity contribution in [3.05, 3.63) is 70.8 Å². The van der Waals surface area contributed by atoms with Crippen LogP contribution in [0, 0.1) is 11.8 Å². The Morgan fingerprint density at radius 1 is 0.560 bits per heavy atom. The summed E-state index contributed by atoms with van der Waals surface area (Å²) in [6, 6.07) is 18.8. The molecule has 0 spiro atoms. The van der Waals surface area contributed by atoms with Gasteiger partial charge in [-0.05, 0) is 89.9 Å². The first kappa shape index (κ1) is 14.6. The summed E-state index contributed by atoms with van der Waals surface area (Å²) < 4.78 is 0. The first-order valence-electron chi connectivity index (χ1n) is 10.6. The lowest BCUT2D eigenvalue weighted by molar-refractivity contribution is 0.170. The molecule has 0 radical (unpaired) electrons. The van der Waals surface area contributed by atoms with Crippen molar-refractivity contribution in [2.24, 2.45) is 11.8 Å². The van der Waals surface area contributed by atoms with Crippen molar-refractivity contribution in [1.29, 1.82) is 0 Å². The Morgan fingerprint density at radius 3 is 2.00 bits per heavy atom. The van der Waals surface area contributed by atoms with Gasteiger partial charge in [0.1, 0.15) is 0 Å². The van der Waals surface area contributed by atoms with Crippen LogP contribution in [0.1, 0.15) is 90.9 Å². The third-order valence-corrected chi connectivity index (χ3v) is 8.23. The molecule has 6 rings (SSSR count). The smallest absolute Gasteiger partial charge is 0.00873 e. The SMILES string of the molecule is c1ccc2c(c1)C1CCC(C3c4ccccc4C4CCCCC43)CC21. The molecule has 0 amide bonds. The molecule has 2 aromatic rings. The minimum absolute atomic E-state index is 0.857. The first-order valence-corrected chi connectivity index (χ1v) is 10.6. The van der Waals surface area contributed by atoms with E-state index in [0.717, 1.165) is 35.5 Å². The maximum atomic E-state index is 2.49. The zero-order chi connectivity index (χ0) is 16.4. The summed E-state index contributed by atoms with van der Waals surface area (Å²) in [6.45, 7) is 0. The minimum Gasteiger partial charge on any atom is -0.0620 e. The van der Waals surface area contributed by atoms with E-state index in [1.807, 2.05) is 0 Å². The maximum Gasteiger partial charge on any atom is -0.00873 e. The van der Waals surface area contributed by atoms with E-state index in [-0.39, 0.29) is 0 Å². The van der Waals surface area contributed by atoms with E-state index >= 15 is 0 Å². The van der Waals surface area contributed by atoms with Crippen molar-refractivity contribution < 1.29 is 0 Å². The van der Waals surface area contributed by atoms with Gasteiger partial charge in [-0.25, -0.2) is 0 Å². The molecule has 0 nitrogen and oxygen atoms in total. The first-order chi connectivity index (χ1) is 12.4. The van der Waals surface area contributed by atoms with E-state index in [4.69, 9.17) is 0 Å². The molecule has 0 aromatic heterocycles. The Hall–Kier alpha value is -1.56. The number of rotatable bonds is 1. The molecule has 2 fully saturated rings. The molecule has 0 aliphatic heterocycles. The molecule has 0 bridgehead atoms. The van der Waals surface area contributed by atoms with Gasteiger partial charge in [0.25, 0.3) is 0 Å². The molecule has 4 aliphatic carbocycles. The quantitative estimate of drug-likeness (QED) is 0.544. The summed E-state index contributed by atoms with van der Waals surface area (Å²) >= 11 is 0. The van der Waals surface area contributed by atoms with Gasteiger partial charge in [-0.15, -0.1) is 0 Å². The fourth-order valence-corrected chi connectivity index (χ4v) is 7.30. The van der Waals surface area contributed by atoms with Gasteiger partial charge in [-0.1, -0.05) is 61.4 Å². The highest BCUT2D eigenvalue weighted by molar-refractivity contribution is 5.47. The van der Waals surface area contributed by atoms with Crippen LogP contribution in [0.5, 0.6) is 0 Å². The molecule has 25 heavy (non-hydrogen) atoms. The second-order valence-electron chi connectivity index (χ2n) is 9.12. The van der Waals surface area contributed by atoms with E-state index in [1.165, 1.54) is 44.9 Å². The van der Waals surface area contributed by atoms with Gasteiger partial charge in [0, 0.05) is 0 Å². The molecule has 2 aromatic carbocycles. The van der Waals surface area contributed by atoms with Crippen LogP contribution in [0.3, 0.4) is 0 Å². The lowest BCUT2D eigenvalue weighted by Crippen LogP contribution is -2.34. The number of hydrogen-bond donors (Lipinski definition) is 0. The lowest BCUT2D eigenvalue weighted by Gasteiger charge is -2.48. The van der Waals surface area contributed by atoms with Crippen molar-refractivity contribution in [3.8, 4) is 0 Å². The van der Waals surface area contributed by atoms with Crippen LogP contribution in [-0.4, -0.2) is 0 Å². The Labute approximate surface area is 151 Å². The Balaban J connectivity index is 1.34. The lowest BCUT2D eigenvalue weighted by atomic mass is 9.56. The zero-order valence-corrected chi connectivity index (χ0v) is 15.0. The molecule has 0 N–H and O–H groups in total. The molecule has 6 unspecified atom stereocenters. The van der Waals surface area contributed by atoms with E-state index < -0.39 is 0 Å². The molecule has 128 valence electrons. The molecule has 0 heterocycles. The Bertz CT molecular complexity index is 803. The third-order valence-electron chi connectivity index (χ3n) is 8.23. The minimum atomic E-state index is 0.857. The van der Waals surface area contributed by atoms with E-state index in [0.29, 0.717) is 0 Å². The summed E-state index contributed by atoms with van der Waals surface area (Å²) in [5.41, 5.74) is 6.83. The monoisotopic (exact) mass is 328 g/mol. The fourth-order valence-electron chi connectivity index (χ4n) is 7.30. The van der Waals surface area contributed by atoms with Crippen LogP contribution in [0.4, 0.5) is 0 Å². The highest BCUT2D eigenvalue weighted by Gasteiger charge is 2.49. The Morgan fingerprint density at radius 2 is 1.20 bits per heavy atom. The summed E-state index contributed by atoms with van der Waals surface area (Å²) in [7, 11) is 0. The number of hydrogen-bond acceptors (Lipinski definition) is 0. The van der Waals surface area contributed by atoms with Crippen LogP contribution in [0.2, 0.25) is 0 Å². The number of benzene rings is 2. The average Bonchev–Trinajstić information content (AvgIpc) is 3.00. The molecular weight excluding hydrogens is 300 g/mol. The molecule has 4 aliphatic rings. The summed E-state index contributed by atoms with van der Waals surface area (Å²) in [4.78, 5) is 0. The van der Waals surface area contributed by atoms with Crippen LogP contribution in [0.25, 0.3) is 0 Å². The van der Waals surface area contributed by atoms with E-state index in [9.17, 15) is 0 Å². The van der Waals surface area contributed by atoms with Gasteiger partial charge in [0.15, 0.2) is 0 Å². The standard InChI is InChI=1S/C25H28/c1-2-10-20-17(7-1)21-14-13-16(15-24(20)21)25-22-11-5-3-8-18(22)19-9-4-6-12-23(19)25/h1-3,5,7-8,10-11,16,19,21,23-25H,4,6,9,12-15H2. The largest absolute Gasteiger partial charge is 0.0620 e. The van der Waals surface area contributed by atoms with Crippen molar-refractivity contribution in [2.75, 3.05) is 0 Å². The van der Waals surface area contributed by atoms with E-state index in [2.05, 4.69) is 48.5 Å². The highest BCUT2D eigenvalue weighted by atomic mass is 14.5. The molecule has 0 saturated heterocycles. The predicted molar refractivity (Wildman–Crippen MR) is 103 cm³/mol. The molecule has 6 atom stereocenters. The van der Waals surface area contributed by atoms with Crippen LogP contribution in [0.15, 0.2) is 48.5 Å². The third kappa shape index (κ3) is 2.00. The zero-order valence-electron chi connectivity index (χ0n) is 15.0. The van der Waals surface area contributed by atoms with Crippen LogP contribution < -0.4 is 0 Å². The van der Waals surface area contributed by atoms with Gasteiger partial charge < -0.3 is 0 Å². The summed E-state index contributed by atoms with van der Waals surface area (Å²) in [6.07, 6.45) is 10.2. The Kier molecular flexibility index (Phi) is 3.19. The normalized spacial score (nSPS) is 38.1. The molecule has 0 heteroatoms. The van der Waals surface area contributed by atoms with Gasteiger partial charge in [0.2, 0.25) is 0 Å². The molecular formula is C25H28. The van der Waals surface area contributed by atoms with Crippen LogP contribution in [-0.2, 0) is 0 Å². The topological polar surface area (TPSA) is 0 Å². The number of fused-ring (bicyclic) bond motifs is 7. The highest BCUT2D eigenvalue weighted by Crippen LogP contribution is 2.62. The molecule has 2 saturated carbocycles. The van der Waals surface area contributed by atoms with Gasteiger partial charge >= 0.3 is 0 Å².